The summed E-state index contributed by atoms with van der Waals surface area (Å²) in [5.41, 5.74) is 0. The van der Waals surface area contributed by atoms with E-state index in [1.54, 1.807) is 41.3 Å². The molecule has 0 aliphatic rings. The molecule has 1 N–H and O–H groups in total. The number of pyridine rings is 1. The molecule has 3 rings (SSSR count). The molecule has 0 saturated carbocycles. The minimum absolute atomic E-state index is 0.0602. The maximum Gasteiger partial charge on any atom is 0.266 e. The Bertz CT molecular complexity index is 916. The van der Waals surface area contributed by atoms with Gasteiger partial charge in [-0.2, -0.15) is 10.2 Å². The Balaban J connectivity index is 1.87. The van der Waals surface area contributed by atoms with Crippen LogP contribution in [0.3, 0.4) is 0 Å². The summed E-state index contributed by atoms with van der Waals surface area (Å²) in [5, 5.41) is 8.24. The van der Waals surface area contributed by atoms with E-state index in [0.29, 0.717) is 11.6 Å². The van der Waals surface area contributed by atoms with Crippen LogP contribution < -0.4 is 4.72 Å². The highest BCUT2D eigenvalue weighted by Crippen LogP contribution is 2.20. The fourth-order valence-corrected chi connectivity index (χ4v) is 3.15. The molecule has 126 valence electrons. The number of aromatic nitrogens is 5. The second-order valence-electron chi connectivity index (χ2n) is 5.33. The van der Waals surface area contributed by atoms with E-state index in [0.717, 1.165) is 6.42 Å². The van der Waals surface area contributed by atoms with Gasteiger partial charge >= 0.3 is 0 Å². The Hall–Kier alpha value is -2.68. The van der Waals surface area contributed by atoms with Crippen LogP contribution in [-0.2, 0) is 10.0 Å². The van der Waals surface area contributed by atoms with Gasteiger partial charge in [-0.1, -0.05) is 13.0 Å². The monoisotopic (exact) mass is 346 g/mol. The molecule has 24 heavy (non-hydrogen) atoms. The van der Waals surface area contributed by atoms with Crippen LogP contribution in [0.2, 0.25) is 0 Å². The number of sulfonamides is 1. The highest BCUT2D eigenvalue weighted by atomic mass is 32.2. The summed E-state index contributed by atoms with van der Waals surface area (Å²) < 4.78 is 30.8. The van der Waals surface area contributed by atoms with Crippen molar-refractivity contribution in [1.82, 2.24) is 24.5 Å². The number of hydrogen-bond donors (Lipinski definition) is 1. The summed E-state index contributed by atoms with van der Waals surface area (Å²) >= 11 is 0. The highest BCUT2D eigenvalue weighted by Gasteiger charge is 2.20. The van der Waals surface area contributed by atoms with E-state index in [-0.39, 0.29) is 10.9 Å². The Labute approximate surface area is 140 Å². The minimum Gasteiger partial charge on any atom is -0.263 e. The van der Waals surface area contributed by atoms with Crippen molar-refractivity contribution in [1.29, 1.82) is 0 Å². The zero-order valence-electron chi connectivity index (χ0n) is 13.4. The van der Waals surface area contributed by atoms with E-state index in [4.69, 9.17) is 0 Å². The lowest BCUT2D eigenvalue weighted by Crippen LogP contribution is -2.17. The van der Waals surface area contributed by atoms with Gasteiger partial charge in [-0.25, -0.2) is 22.8 Å². The van der Waals surface area contributed by atoms with Crippen LogP contribution in [0.1, 0.15) is 26.3 Å². The average Bonchev–Trinajstić information content (AvgIpc) is 3.24. The van der Waals surface area contributed by atoms with Crippen LogP contribution in [-0.4, -0.2) is 33.0 Å². The summed E-state index contributed by atoms with van der Waals surface area (Å²) in [5.74, 6) is 0.971. The molecular formula is C15H18N6O2S. The zero-order chi connectivity index (χ0) is 17.2. The van der Waals surface area contributed by atoms with Crippen LogP contribution >= 0.6 is 0 Å². The largest absolute Gasteiger partial charge is 0.266 e. The first-order valence-corrected chi connectivity index (χ1v) is 9.02. The smallest absolute Gasteiger partial charge is 0.263 e. The number of anilines is 1. The van der Waals surface area contributed by atoms with E-state index >= 15 is 0 Å². The van der Waals surface area contributed by atoms with Gasteiger partial charge in [0.1, 0.15) is 10.7 Å². The Kier molecular flexibility index (Phi) is 4.34. The molecule has 0 aliphatic heterocycles. The van der Waals surface area contributed by atoms with Crippen molar-refractivity contribution in [3.8, 4) is 5.82 Å². The van der Waals surface area contributed by atoms with Gasteiger partial charge < -0.3 is 0 Å². The van der Waals surface area contributed by atoms with E-state index in [9.17, 15) is 8.42 Å². The summed E-state index contributed by atoms with van der Waals surface area (Å²) in [7, 11) is -3.76. The molecule has 0 aromatic carbocycles. The van der Waals surface area contributed by atoms with Crippen molar-refractivity contribution in [2.45, 2.75) is 31.2 Å². The lowest BCUT2D eigenvalue weighted by molar-refractivity contribution is 0.484. The van der Waals surface area contributed by atoms with Gasteiger partial charge in [0, 0.05) is 12.3 Å². The molecule has 9 heteroatoms. The fraction of sp³-hybridized carbons (Fsp3) is 0.267. The van der Waals surface area contributed by atoms with Gasteiger partial charge in [0.15, 0.2) is 5.82 Å². The van der Waals surface area contributed by atoms with Gasteiger partial charge in [0.05, 0.1) is 24.6 Å². The average molecular weight is 346 g/mol. The summed E-state index contributed by atoms with van der Waals surface area (Å²) in [6.45, 7) is 3.99. The van der Waals surface area contributed by atoms with E-state index in [1.807, 2.05) is 13.8 Å². The Morgan fingerprint density at radius 1 is 1.21 bits per heavy atom. The molecule has 3 aromatic rings. The number of hydrogen-bond acceptors (Lipinski definition) is 5. The second kappa shape index (κ2) is 6.44. The highest BCUT2D eigenvalue weighted by molar-refractivity contribution is 7.92. The van der Waals surface area contributed by atoms with Crippen LogP contribution in [0.5, 0.6) is 0 Å². The quantitative estimate of drug-likeness (QED) is 0.738. The molecule has 0 amide bonds. The molecule has 0 saturated heterocycles. The van der Waals surface area contributed by atoms with E-state index in [2.05, 4.69) is 19.9 Å². The van der Waals surface area contributed by atoms with Gasteiger partial charge in [-0.3, -0.25) is 4.72 Å². The van der Waals surface area contributed by atoms with Crippen molar-refractivity contribution in [2.24, 2.45) is 0 Å². The molecule has 0 bridgehead atoms. The molecule has 0 radical (unpaired) electrons. The van der Waals surface area contributed by atoms with Crippen molar-refractivity contribution >= 4 is 15.8 Å². The molecule has 0 fully saturated rings. The fourth-order valence-electron chi connectivity index (χ4n) is 2.18. The third kappa shape index (κ3) is 3.16. The maximum absolute atomic E-state index is 12.6. The summed E-state index contributed by atoms with van der Waals surface area (Å²) in [4.78, 5) is 4.20. The van der Waals surface area contributed by atoms with Crippen LogP contribution in [0.15, 0.2) is 53.9 Å². The Morgan fingerprint density at radius 3 is 2.75 bits per heavy atom. The molecule has 0 spiro atoms. The second-order valence-corrected chi connectivity index (χ2v) is 7.01. The Morgan fingerprint density at radius 2 is 2.04 bits per heavy atom. The normalized spacial score (nSPS) is 12.9. The van der Waals surface area contributed by atoms with Gasteiger partial charge in [-0.15, -0.1) is 0 Å². The first-order valence-electron chi connectivity index (χ1n) is 7.53. The van der Waals surface area contributed by atoms with Gasteiger partial charge in [0.25, 0.3) is 10.0 Å². The third-order valence-corrected chi connectivity index (χ3v) is 4.98. The van der Waals surface area contributed by atoms with Crippen molar-refractivity contribution in [3.05, 3.63) is 49.1 Å². The zero-order valence-corrected chi connectivity index (χ0v) is 14.2. The predicted molar refractivity (Wildman–Crippen MR) is 89.4 cm³/mol. The first kappa shape index (κ1) is 16.2. The minimum atomic E-state index is -3.76. The predicted octanol–water partition coefficient (Wildman–Crippen LogP) is 2.24. The lowest BCUT2D eigenvalue weighted by atomic mass is 10.3. The molecule has 0 aliphatic carbocycles. The number of nitrogens with one attached hydrogen (secondary N) is 1. The van der Waals surface area contributed by atoms with Gasteiger partial charge in [0.2, 0.25) is 0 Å². The summed E-state index contributed by atoms with van der Waals surface area (Å²) in [6, 6.07) is 7.06. The third-order valence-electron chi connectivity index (χ3n) is 3.67. The molecular weight excluding hydrogens is 328 g/mol. The van der Waals surface area contributed by atoms with E-state index in [1.165, 1.54) is 17.1 Å². The summed E-state index contributed by atoms with van der Waals surface area (Å²) in [6.07, 6.45) is 6.75. The van der Waals surface area contributed by atoms with Crippen LogP contribution in [0, 0.1) is 0 Å². The molecule has 3 heterocycles. The first-order chi connectivity index (χ1) is 11.5. The van der Waals surface area contributed by atoms with E-state index < -0.39 is 10.0 Å². The van der Waals surface area contributed by atoms with Crippen molar-refractivity contribution < 1.29 is 8.42 Å². The molecule has 3 aromatic heterocycles. The SMILES string of the molecule is CC[C@H](C)n1nccc1NS(=O)(=O)c1cnn(-c2ccccn2)c1. The van der Waals surface area contributed by atoms with Gasteiger partial charge in [-0.05, 0) is 25.5 Å². The molecule has 8 nitrogen and oxygen atoms in total. The maximum atomic E-state index is 12.6. The molecule has 0 unspecified atom stereocenters. The number of rotatable bonds is 6. The molecule has 1 atom stereocenters. The standard InChI is InChI=1S/C15H18N6O2S/c1-3-12(2)21-15(7-9-17-21)19-24(22,23)13-10-18-20(11-13)14-6-4-5-8-16-14/h4-12,19H,3H2,1-2H3/t12-/m0/s1. The van der Waals surface area contributed by atoms with Crippen LogP contribution in [0.25, 0.3) is 5.82 Å². The van der Waals surface area contributed by atoms with Crippen molar-refractivity contribution in [2.75, 3.05) is 4.72 Å². The van der Waals surface area contributed by atoms with Crippen LogP contribution in [0.4, 0.5) is 5.82 Å². The van der Waals surface area contributed by atoms with Crippen molar-refractivity contribution in [3.63, 3.8) is 0 Å². The lowest BCUT2D eigenvalue weighted by Gasteiger charge is -2.14. The number of nitrogens with zero attached hydrogens (tertiary/aromatic N) is 5. The topological polar surface area (TPSA) is 94.7 Å².